The second-order valence-corrected chi connectivity index (χ2v) is 9.02. The van der Waals surface area contributed by atoms with E-state index in [2.05, 4.69) is 20.1 Å². The van der Waals surface area contributed by atoms with Gasteiger partial charge in [0.1, 0.15) is 23.7 Å². The molecule has 2 fully saturated rings. The predicted molar refractivity (Wildman–Crippen MR) is 116 cm³/mol. The van der Waals surface area contributed by atoms with Gasteiger partial charge in [0.25, 0.3) is 6.43 Å². The lowest BCUT2D eigenvalue weighted by atomic mass is 9.71. The molecule has 1 spiro atoms. The second-order valence-electron chi connectivity index (χ2n) is 9.02. The highest BCUT2D eigenvalue weighted by atomic mass is 19.4. The van der Waals surface area contributed by atoms with E-state index < -0.39 is 24.7 Å². The Labute approximate surface area is 196 Å². The van der Waals surface area contributed by atoms with E-state index in [-0.39, 0.29) is 23.6 Å². The van der Waals surface area contributed by atoms with E-state index in [4.69, 9.17) is 0 Å². The van der Waals surface area contributed by atoms with Crippen LogP contribution in [0.4, 0.5) is 33.6 Å². The van der Waals surface area contributed by atoms with Gasteiger partial charge in [-0.05, 0) is 36.8 Å². The van der Waals surface area contributed by atoms with Crippen molar-refractivity contribution in [3.05, 3.63) is 36.3 Å². The third kappa shape index (κ3) is 4.63. The maximum atomic E-state index is 12.9. The zero-order valence-corrected chi connectivity index (χ0v) is 18.5. The molecule has 13 heteroatoms. The maximum Gasteiger partial charge on any atom is 0.417 e. The highest BCUT2D eigenvalue weighted by Crippen LogP contribution is 2.43. The minimum Gasteiger partial charge on any atom is -0.355 e. The SMILES string of the molecule is O=C1CC2(CCN(c3cnc4cnn(CC(F)F)c4n3)CC2)CCN1c1ccc(C(F)(F)F)cn1. The number of hydrogen-bond acceptors (Lipinski definition) is 6. The number of pyridine rings is 1. The van der Waals surface area contributed by atoms with Gasteiger partial charge >= 0.3 is 6.18 Å². The summed E-state index contributed by atoms with van der Waals surface area (Å²) in [5, 5.41) is 3.94. The van der Waals surface area contributed by atoms with Gasteiger partial charge in [-0.1, -0.05) is 0 Å². The van der Waals surface area contributed by atoms with Crippen molar-refractivity contribution < 1.29 is 26.7 Å². The largest absolute Gasteiger partial charge is 0.417 e. The number of aromatic nitrogens is 5. The molecule has 0 aromatic carbocycles. The van der Waals surface area contributed by atoms with Crippen molar-refractivity contribution in [3.63, 3.8) is 0 Å². The molecule has 2 aliphatic heterocycles. The second kappa shape index (κ2) is 8.68. The van der Waals surface area contributed by atoms with Crippen LogP contribution < -0.4 is 9.80 Å². The fourth-order valence-corrected chi connectivity index (χ4v) is 4.83. The van der Waals surface area contributed by atoms with Gasteiger partial charge in [0.2, 0.25) is 5.91 Å². The lowest BCUT2D eigenvalue weighted by Crippen LogP contribution is -2.49. The number of piperidine rings is 2. The van der Waals surface area contributed by atoms with Gasteiger partial charge in [0, 0.05) is 32.3 Å². The van der Waals surface area contributed by atoms with Crippen LogP contribution in [0.25, 0.3) is 11.2 Å². The first-order valence-corrected chi connectivity index (χ1v) is 11.2. The summed E-state index contributed by atoms with van der Waals surface area (Å²) in [6, 6.07) is 2.17. The van der Waals surface area contributed by atoms with Crippen LogP contribution in [0.3, 0.4) is 0 Å². The topological polar surface area (TPSA) is 80.0 Å². The van der Waals surface area contributed by atoms with Crippen LogP contribution in [0.5, 0.6) is 0 Å². The van der Waals surface area contributed by atoms with Gasteiger partial charge in [-0.15, -0.1) is 0 Å². The number of rotatable bonds is 4. The van der Waals surface area contributed by atoms with Crippen LogP contribution in [-0.2, 0) is 17.5 Å². The van der Waals surface area contributed by atoms with Gasteiger partial charge in [-0.25, -0.2) is 28.4 Å². The molecule has 35 heavy (non-hydrogen) atoms. The summed E-state index contributed by atoms with van der Waals surface area (Å²) in [7, 11) is 0. The zero-order valence-electron chi connectivity index (χ0n) is 18.5. The summed E-state index contributed by atoms with van der Waals surface area (Å²) in [6.07, 6.45) is -0.838. The molecule has 0 atom stereocenters. The third-order valence-corrected chi connectivity index (χ3v) is 6.84. The van der Waals surface area contributed by atoms with Crippen LogP contribution in [0.15, 0.2) is 30.7 Å². The van der Waals surface area contributed by atoms with Gasteiger partial charge in [-0.3, -0.25) is 9.69 Å². The molecular formula is C22H22F5N7O. The molecule has 8 nitrogen and oxygen atoms in total. The molecule has 2 aliphatic rings. The van der Waals surface area contributed by atoms with Crippen molar-refractivity contribution in [1.29, 1.82) is 0 Å². The molecule has 3 aromatic rings. The highest BCUT2D eigenvalue weighted by Gasteiger charge is 2.42. The summed E-state index contributed by atoms with van der Waals surface area (Å²) < 4.78 is 65.2. The minimum atomic E-state index is -4.48. The van der Waals surface area contributed by atoms with E-state index in [0.29, 0.717) is 43.0 Å². The van der Waals surface area contributed by atoms with E-state index in [1.165, 1.54) is 17.2 Å². The quantitative estimate of drug-likeness (QED) is 0.511. The van der Waals surface area contributed by atoms with Crippen LogP contribution in [-0.4, -0.2) is 56.7 Å². The number of anilines is 2. The van der Waals surface area contributed by atoms with Crippen molar-refractivity contribution in [3.8, 4) is 0 Å². The standard InChI is InChI=1S/C22H22F5N7O/c23-16(24)13-34-20-15(11-30-34)28-12-18(31-20)32-6-3-21(4-7-32)5-8-33(19(35)9-21)17-2-1-14(10-29-17)22(25,26)27/h1-2,10-12,16H,3-9,13H2. The minimum absolute atomic E-state index is 0.158. The number of carbonyl (C=O) groups is 1. The maximum absolute atomic E-state index is 12.9. The first-order valence-electron chi connectivity index (χ1n) is 11.2. The molecule has 1 amide bonds. The first kappa shape index (κ1) is 23.4. The number of alkyl halides is 5. The van der Waals surface area contributed by atoms with Crippen molar-refractivity contribution in [2.24, 2.45) is 5.41 Å². The third-order valence-electron chi connectivity index (χ3n) is 6.84. The van der Waals surface area contributed by atoms with Crippen LogP contribution in [0, 0.1) is 5.41 Å². The van der Waals surface area contributed by atoms with E-state index in [1.807, 2.05) is 4.90 Å². The molecule has 0 bridgehead atoms. The molecule has 0 unspecified atom stereocenters. The summed E-state index contributed by atoms with van der Waals surface area (Å²) >= 11 is 0. The summed E-state index contributed by atoms with van der Waals surface area (Å²) in [5.41, 5.74) is -0.313. The lowest BCUT2D eigenvalue weighted by molar-refractivity contribution is -0.137. The Morgan fingerprint density at radius 2 is 1.71 bits per heavy atom. The smallest absolute Gasteiger partial charge is 0.355 e. The van der Waals surface area contributed by atoms with Crippen molar-refractivity contribution in [2.45, 2.75) is 44.8 Å². The number of hydrogen-bond donors (Lipinski definition) is 0. The highest BCUT2D eigenvalue weighted by molar-refractivity contribution is 5.93. The Hall–Kier alpha value is -3.38. The average molecular weight is 495 g/mol. The van der Waals surface area contributed by atoms with E-state index in [0.717, 1.165) is 29.8 Å². The first-order chi connectivity index (χ1) is 16.6. The summed E-state index contributed by atoms with van der Waals surface area (Å²) in [4.78, 5) is 29.0. The van der Waals surface area contributed by atoms with Crippen LogP contribution in [0.1, 0.15) is 31.2 Å². The normalized spacial score (nSPS) is 18.7. The molecule has 5 heterocycles. The number of nitrogens with zero attached hydrogens (tertiary/aromatic N) is 7. The van der Waals surface area contributed by atoms with E-state index in [1.54, 1.807) is 6.20 Å². The van der Waals surface area contributed by atoms with E-state index in [9.17, 15) is 26.7 Å². The number of fused-ring (bicyclic) bond motifs is 1. The summed E-state index contributed by atoms with van der Waals surface area (Å²) in [6.45, 7) is 1.07. The van der Waals surface area contributed by atoms with Crippen molar-refractivity contribution in [2.75, 3.05) is 29.4 Å². The molecule has 0 saturated carbocycles. The van der Waals surface area contributed by atoms with Gasteiger partial charge < -0.3 is 4.90 Å². The van der Waals surface area contributed by atoms with Crippen LogP contribution >= 0.6 is 0 Å². The summed E-state index contributed by atoms with van der Waals surface area (Å²) in [5.74, 6) is 0.634. The van der Waals surface area contributed by atoms with Gasteiger partial charge in [0.05, 0.1) is 18.0 Å². The molecular weight excluding hydrogens is 473 g/mol. The Kier molecular flexibility index (Phi) is 5.80. The fourth-order valence-electron chi connectivity index (χ4n) is 4.83. The number of carbonyl (C=O) groups excluding carboxylic acids is 1. The number of amides is 1. The average Bonchev–Trinajstić information content (AvgIpc) is 3.20. The van der Waals surface area contributed by atoms with Crippen LogP contribution in [0.2, 0.25) is 0 Å². The van der Waals surface area contributed by atoms with E-state index >= 15 is 0 Å². The predicted octanol–water partition coefficient (Wildman–Crippen LogP) is 3.92. The molecule has 186 valence electrons. The van der Waals surface area contributed by atoms with Gasteiger partial charge in [-0.2, -0.15) is 18.3 Å². The van der Waals surface area contributed by atoms with Gasteiger partial charge in [0.15, 0.2) is 5.65 Å². The Morgan fingerprint density at radius 3 is 2.34 bits per heavy atom. The van der Waals surface area contributed by atoms with Crippen molar-refractivity contribution in [1.82, 2.24) is 24.7 Å². The molecule has 0 N–H and O–H groups in total. The monoisotopic (exact) mass is 495 g/mol. The Bertz CT molecular complexity index is 1220. The number of halogens is 5. The van der Waals surface area contributed by atoms with Crippen molar-refractivity contribution >= 4 is 28.7 Å². The molecule has 0 aliphatic carbocycles. The Morgan fingerprint density at radius 1 is 0.971 bits per heavy atom. The molecule has 3 aromatic heterocycles. The zero-order chi connectivity index (χ0) is 24.8. The molecule has 0 radical (unpaired) electrons. The fraction of sp³-hybridized carbons (Fsp3) is 0.500. The Balaban J connectivity index is 1.24. The lowest BCUT2D eigenvalue weighted by Gasteiger charge is -2.46. The molecule has 5 rings (SSSR count). The molecule has 2 saturated heterocycles.